The topological polar surface area (TPSA) is 113 Å². The summed E-state index contributed by atoms with van der Waals surface area (Å²) in [6.07, 6.45) is 1.63. The van der Waals surface area contributed by atoms with E-state index in [-0.39, 0.29) is 6.01 Å². The highest BCUT2D eigenvalue weighted by Gasteiger charge is 2.19. The zero-order valence-electron chi connectivity index (χ0n) is 15.1. The van der Waals surface area contributed by atoms with Gasteiger partial charge in [0.2, 0.25) is 5.13 Å². The molecule has 6 rings (SSSR count). The molecule has 0 spiro atoms. The number of hydrogen-bond donors (Lipinski definition) is 1. The quantitative estimate of drug-likeness (QED) is 0.449. The van der Waals surface area contributed by atoms with E-state index in [4.69, 9.17) is 15.1 Å². The molecular formula is C20H12N6O2S. The van der Waals surface area contributed by atoms with Gasteiger partial charge in [0.05, 0.1) is 33.0 Å². The number of nitrogens with two attached hydrogens (primary N) is 1. The van der Waals surface area contributed by atoms with Crippen molar-refractivity contribution in [3.8, 4) is 5.13 Å². The number of fused-ring (bicyclic) bond motifs is 6. The molecule has 8 nitrogen and oxygen atoms in total. The van der Waals surface area contributed by atoms with Crippen LogP contribution in [0.15, 0.2) is 51.8 Å². The maximum Gasteiger partial charge on any atom is 0.350 e. The summed E-state index contributed by atoms with van der Waals surface area (Å²) in [5, 5.41) is 8.32. The summed E-state index contributed by atoms with van der Waals surface area (Å²) >= 11 is 1.53. The summed E-state index contributed by atoms with van der Waals surface area (Å²) in [6.45, 7) is 1.74. The zero-order valence-corrected chi connectivity index (χ0v) is 15.9. The average Bonchev–Trinajstić information content (AvgIpc) is 3.31. The fourth-order valence-electron chi connectivity index (χ4n) is 3.66. The van der Waals surface area contributed by atoms with Crippen LogP contribution in [0.4, 0.5) is 6.01 Å². The molecule has 0 saturated carbocycles. The first kappa shape index (κ1) is 16.1. The zero-order chi connectivity index (χ0) is 19.7. The molecule has 0 bridgehead atoms. The van der Waals surface area contributed by atoms with Crippen molar-refractivity contribution >= 4 is 60.3 Å². The van der Waals surface area contributed by atoms with E-state index in [1.165, 1.54) is 11.3 Å². The Hall–Kier alpha value is -3.85. The highest BCUT2D eigenvalue weighted by atomic mass is 32.1. The first-order valence-corrected chi connectivity index (χ1v) is 9.65. The van der Waals surface area contributed by atoms with Gasteiger partial charge in [0.1, 0.15) is 5.39 Å². The van der Waals surface area contributed by atoms with E-state index < -0.39 is 5.63 Å². The van der Waals surface area contributed by atoms with Crippen LogP contribution in [-0.4, -0.2) is 24.7 Å². The Balaban J connectivity index is 1.68. The minimum absolute atomic E-state index is 0.186. The van der Waals surface area contributed by atoms with Gasteiger partial charge in [-0.05, 0) is 18.4 Å². The van der Waals surface area contributed by atoms with Gasteiger partial charge >= 0.3 is 5.63 Å². The SMILES string of the molecule is Cc1nc2c(cnn2-c2nc3c(ccc4ccccc43)s2)c2nc(N)oc(=O)c12. The van der Waals surface area contributed by atoms with Crippen LogP contribution < -0.4 is 11.4 Å². The molecule has 0 radical (unpaired) electrons. The molecule has 0 saturated heterocycles. The Kier molecular flexibility index (Phi) is 3.11. The molecule has 2 N–H and O–H groups in total. The monoisotopic (exact) mass is 400 g/mol. The van der Waals surface area contributed by atoms with Crippen LogP contribution in [0.1, 0.15) is 5.69 Å². The van der Waals surface area contributed by atoms with Crippen molar-refractivity contribution in [2.45, 2.75) is 6.92 Å². The van der Waals surface area contributed by atoms with E-state index in [0.29, 0.717) is 32.8 Å². The van der Waals surface area contributed by atoms with Gasteiger partial charge in [-0.1, -0.05) is 41.7 Å². The highest BCUT2D eigenvalue weighted by molar-refractivity contribution is 7.21. The maximum absolute atomic E-state index is 12.2. The number of anilines is 1. The van der Waals surface area contributed by atoms with Crippen LogP contribution in [0.25, 0.3) is 48.1 Å². The molecule has 0 amide bonds. The smallest absolute Gasteiger partial charge is 0.350 e. The number of aromatic nitrogens is 5. The van der Waals surface area contributed by atoms with Gasteiger partial charge in [-0.15, -0.1) is 0 Å². The molecule has 4 aromatic heterocycles. The number of rotatable bonds is 1. The third-order valence-electron chi connectivity index (χ3n) is 4.95. The largest absolute Gasteiger partial charge is 0.389 e. The molecule has 0 aliphatic rings. The van der Waals surface area contributed by atoms with Crippen LogP contribution in [0, 0.1) is 6.92 Å². The van der Waals surface area contributed by atoms with Crippen molar-refractivity contribution in [1.82, 2.24) is 24.7 Å². The number of benzene rings is 2. The summed E-state index contributed by atoms with van der Waals surface area (Å²) in [6, 6.07) is 12.1. The van der Waals surface area contributed by atoms with E-state index in [1.807, 2.05) is 12.1 Å². The fourth-order valence-corrected chi connectivity index (χ4v) is 4.60. The molecule has 4 heterocycles. The predicted octanol–water partition coefficient (Wildman–Crippen LogP) is 3.58. The number of hydrogen-bond acceptors (Lipinski definition) is 8. The summed E-state index contributed by atoms with van der Waals surface area (Å²) in [5.74, 6) is 0. The lowest BCUT2D eigenvalue weighted by Gasteiger charge is -2.03. The number of aryl methyl sites for hydroxylation is 1. The second-order valence-corrected chi connectivity index (χ2v) is 7.69. The van der Waals surface area contributed by atoms with Crippen molar-refractivity contribution in [2.75, 3.05) is 5.73 Å². The molecule has 0 fully saturated rings. The van der Waals surface area contributed by atoms with Crippen LogP contribution in [-0.2, 0) is 0 Å². The first-order valence-electron chi connectivity index (χ1n) is 8.83. The van der Waals surface area contributed by atoms with Gasteiger partial charge in [0, 0.05) is 5.39 Å². The molecule has 9 heteroatoms. The van der Waals surface area contributed by atoms with E-state index >= 15 is 0 Å². The fraction of sp³-hybridized carbons (Fsp3) is 0.0500. The Bertz CT molecular complexity index is 1660. The second kappa shape index (κ2) is 5.58. The highest BCUT2D eigenvalue weighted by Crippen LogP contribution is 2.32. The Morgan fingerprint density at radius 2 is 1.90 bits per heavy atom. The number of nitrogens with zero attached hydrogens (tertiary/aromatic N) is 5. The Morgan fingerprint density at radius 1 is 1.03 bits per heavy atom. The van der Waals surface area contributed by atoms with Crippen molar-refractivity contribution in [3.05, 3.63) is 58.7 Å². The van der Waals surface area contributed by atoms with Gasteiger partial charge in [-0.3, -0.25) is 0 Å². The first-order chi connectivity index (χ1) is 14.1. The minimum Gasteiger partial charge on any atom is -0.389 e. The lowest BCUT2D eigenvalue weighted by atomic mass is 10.1. The number of nitrogen functional groups attached to an aromatic ring is 1. The average molecular weight is 400 g/mol. The van der Waals surface area contributed by atoms with Gasteiger partial charge in [0.25, 0.3) is 6.01 Å². The standard InChI is InChI=1S/C20H12N6O2S/c1-9-14-16(24-19(21)28-18(14)27)12-8-22-26(17(12)23-9)20-25-15-11-5-3-2-4-10(11)6-7-13(15)29-20/h2-8H,1H3,(H2,21,24). The molecule has 140 valence electrons. The third kappa shape index (κ3) is 2.21. The van der Waals surface area contributed by atoms with Crippen molar-refractivity contribution < 1.29 is 4.42 Å². The van der Waals surface area contributed by atoms with Crippen molar-refractivity contribution in [2.24, 2.45) is 0 Å². The molecule has 0 unspecified atom stereocenters. The van der Waals surface area contributed by atoms with Gasteiger partial charge in [-0.2, -0.15) is 14.8 Å². The molecular weight excluding hydrogens is 388 g/mol. The van der Waals surface area contributed by atoms with Gasteiger partial charge in [-0.25, -0.2) is 14.8 Å². The lowest BCUT2D eigenvalue weighted by molar-refractivity contribution is 0.524. The summed E-state index contributed by atoms with van der Waals surface area (Å²) in [4.78, 5) is 25.9. The molecule has 0 aliphatic carbocycles. The molecule has 2 aromatic carbocycles. The predicted molar refractivity (Wildman–Crippen MR) is 113 cm³/mol. The minimum atomic E-state index is -0.557. The van der Waals surface area contributed by atoms with Gasteiger partial charge in [0.15, 0.2) is 5.65 Å². The Morgan fingerprint density at radius 3 is 2.79 bits per heavy atom. The van der Waals surface area contributed by atoms with Crippen LogP contribution >= 0.6 is 11.3 Å². The van der Waals surface area contributed by atoms with Crippen LogP contribution in [0.2, 0.25) is 0 Å². The summed E-state index contributed by atoms with van der Waals surface area (Å²) in [7, 11) is 0. The maximum atomic E-state index is 12.2. The van der Waals surface area contributed by atoms with Crippen molar-refractivity contribution in [1.29, 1.82) is 0 Å². The molecule has 0 atom stereocenters. The van der Waals surface area contributed by atoms with E-state index in [1.54, 1.807) is 17.8 Å². The second-order valence-electron chi connectivity index (χ2n) is 6.68. The summed E-state index contributed by atoms with van der Waals surface area (Å²) in [5.41, 5.74) is 7.52. The van der Waals surface area contributed by atoms with E-state index in [2.05, 4.69) is 39.3 Å². The molecule has 29 heavy (non-hydrogen) atoms. The van der Waals surface area contributed by atoms with Crippen LogP contribution in [0.3, 0.4) is 0 Å². The Labute approximate surface area is 166 Å². The molecule has 6 aromatic rings. The van der Waals surface area contributed by atoms with Crippen molar-refractivity contribution in [3.63, 3.8) is 0 Å². The normalized spacial score (nSPS) is 11.9. The van der Waals surface area contributed by atoms with Crippen LogP contribution in [0.5, 0.6) is 0 Å². The summed E-state index contributed by atoms with van der Waals surface area (Å²) < 4.78 is 7.66. The number of thiazole rings is 1. The number of pyridine rings is 1. The van der Waals surface area contributed by atoms with E-state index in [0.717, 1.165) is 21.0 Å². The third-order valence-corrected chi connectivity index (χ3v) is 5.94. The lowest BCUT2D eigenvalue weighted by Crippen LogP contribution is -2.08. The van der Waals surface area contributed by atoms with E-state index in [9.17, 15) is 4.79 Å². The molecule has 0 aliphatic heterocycles. The van der Waals surface area contributed by atoms with Gasteiger partial charge < -0.3 is 10.2 Å².